The Bertz CT molecular complexity index is 651. The second kappa shape index (κ2) is 5.40. The topological polar surface area (TPSA) is 75.5 Å². The van der Waals surface area contributed by atoms with Crippen LogP contribution < -0.4 is 9.64 Å². The summed E-state index contributed by atoms with van der Waals surface area (Å²) in [5.41, 5.74) is 1.77. The van der Waals surface area contributed by atoms with E-state index in [0.29, 0.717) is 19.0 Å². The SMILES string of the molecule is COc1ccc(-c2ccnc(N3CC(C(=O)O)C3)n2)cc1. The molecule has 0 aliphatic carbocycles. The summed E-state index contributed by atoms with van der Waals surface area (Å²) in [6, 6.07) is 9.45. The molecule has 21 heavy (non-hydrogen) atoms. The van der Waals surface area contributed by atoms with E-state index < -0.39 is 5.97 Å². The van der Waals surface area contributed by atoms with Crippen molar-refractivity contribution in [2.75, 3.05) is 25.1 Å². The van der Waals surface area contributed by atoms with Crippen LogP contribution in [0.2, 0.25) is 0 Å². The smallest absolute Gasteiger partial charge is 0.310 e. The molecule has 1 fully saturated rings. The number of hydrogen-bond donors (Lipinski definition) is 1. The molecular weight excluding hydrogens is 270 g/mol. The molecule has 0 radical (unpaired) electrons. The number of nitrogens with zero attached hydrogens (tertiary/aromatic N) is 3. The molecule has 3 rings (SSSR count). The molecule has 0 bridgehead atoms. The fourth-order valence-corrected chi connectivity index (χ4v) is 2.22. The van der Waals surface area contributed by atoms with Gasteiger partial charge in [-0.3, -0.25) is 4.79 Å². The first kappa shape index (κ1) is 13.4. The van der Waals surface area contributed by atoms with Gasteiger partial charge in [-0.1, -0.05) is 0 Å². The number of methoxy groups -OCH3 is 1. The molecule has 108 valence electrons. The third-order valence-corrected chi connectivity index (χ3v) is 3.54. The zero-order valence-corrected chi connectivity index (χ0v) is 11.6. The van der Waals surface area contributed by atoms with Crippen molar-refractivity contribution in [3.63, 3.8) is 0 Å². The van der Waals surface area contributed by atoms with Crippen LogP contribution in [-0.2, 0) is 4.79 Å². The number of carboxylic acid groups (broad SMARTS) is 1. The maximum Gasteiger partial charge on any atom is 0.310 e. The highest BCUT2D eigenvalue weighted by molar-refractivity contribution is 5.74. The Morgan fingerprint density at radius 3 is 2.62 bits per heavy atom. The van der Waals surface area contributed by atoms with Gasteiger partial charge in [-0.15, -0.1) is 0 Å². The van der Waals surface area contributed by atoms with E-state index in [1.54, 1.807) is 13.3 Å². The lowest BCUT2D eigenvalue weighted by Crippen LogP contribution is -2.51. The van der Waals surface area contributed by atoms with E-state index in [9.17, 15) is 4.79 Å². The molecule has 1 aliphatic rings. The van der Waals surface area contributed by atoms with Gasteiger partial charge in [0.1, 0.15) is 5.75 Å². The van der Waals surface area contributed by atoms with Gasteiger partial charge >= 0.3 is 5.97 Å². The minimum Gasteiger partial charge on any atom is -0.497 e. The minimum atomic E-state index is -0.766. The highest BCUT2D eigenvalue weighted by Gasteiger charge is 2.34. The summed E-state index contributed by atoms with van der Waals surface area (Å²) in [5, 5.41) is 8.90. The summed E-state index contributed by atoms with van der Waals surface area (Å²) in [4.78, 5) is 21.4. The zero-order valence-electron chi connectivity index (χ0n) is 11.6. The van der Waals surface area contributed by atoms with Gasteiger partial charge in [-0.25, -0.2) is 9.97 Å². The standard InChI is InChI=1S/C15H15N3O3/c1-21-12-4-2-10(3-5-12)13-6-7-16-15(17-13)18-8-11(9-18)14(19)20/h2-7,11H,8-9H2,1H3,(H,19,20). The molecule has 1 aromatic carbocycles. The van der Waals surface area contributed by atoms with Crippen molar-refractivity contribution >= 4 is 11.9 Å². The second-order valence-electron chi connectivity index (χ2n) is 4.91. The van der Waals surface area contributed by atoms with Crippen molar-refractivity contribution in [1.29, 1.82) is 0 Å². The first-order chi connectivity index (χ1) is 10.2. The molecule has 1 aromatic heterocycles. The van der Waals surface area contributed by atoms with Gasteiger partial charge < -0.3 is 14.7 Å². The number of rotatable bonds is 4. The molecule has 6 nitrogen and oxygen atoms in total. The van der Waals surface area contributed by atoms with Crippen LogP contribution >= 0.6 is 0 Å². The Labute approximate surface area is 122 Å². The lowest BCUT2D eigenvalue weighted by atomic mass is 10.0. The van der Waals surface area contributed by atoms with Gasteiger partial charge in [-0.05, 0) is 30.3 Å². The van der Waals surface area contributed by atoms with Crippen LogP contribution in [-0.4, -0.2) is 41.2 Å². The highest BCUT2D eigenvalue weighted by Crippen LogP contribution is 2.25. The van der Waals surface area contributed by atoms with E-state index in [1.807, 2.05) is 35.2 Å². The Kier molecular flexibility index (Phi) is 3.43. The molecule has 0 spiro atoms. The maximum atomic E-state index is 10.8. The summed E-state index contributed by atoms with van der Waals surface area (Å²) >= 11 is 0. The van der Waals surface area contributed by atoms with Crippen molar-refractivity contribution in [2.24, 2.45) is 5.92 Å². The molecule has 0 atom stereocenters. The fraction of sp³-hybridized carbons (Fsp3) is 0.267. The lowest BCUT2D eigenvalue weighted by Gasteiger charge is -2.36. The van der Waals surface area contributed by atoms with Crippen molar-refractivity contribution in [1.82, 2.24) is 9.97 Å². The average Bonchev–Trinajstić information content (AvgIpc) is 2.46. The molecule has 6 heteroatoms. The molecule has 2 heterocycles. The number of aromatic nitrogens is 2. The van der Waals surface area contributed by atoms with Gasteiger partial charge in [-0.2, -0.15) is 0 Å². The summed E-state index contributed by atoms with van der Waals surface area (Å²) in [7, 11) is 1.63. The normalized spacial score (nSPS) is 14.6. The molecule has 1 N–H and O–H groups in total. The van der Waals surface area contributed by atoms with E-state index in [1.165, 1.54) is 0 Å². The Morgan fingerprint density at radius 2 is 2.00 bits per heavy atom. The van der Waals surface area contributed by atoms with Crippen molar-refractivity contribution in [3.8, 4) is 17.0 Å². The quantitative estimate of drug-likeness (QED) is 0.921. The number of hydrogen-bond acceptors (Lipinski definition) is 5. The number of anilines is 1. The van der Waals surface area contributed by atoms with Crippen LogP contribution in [0, 0.1) is 5.92 Å². The van der Waals surface area contributed by atoms with E-state index in [-0.39, 0.29) is 5.92 Å². The molecule has 2 aromatic rings. The number of aliphatic carboxylic acids is 1. The van der Waals surface area contributed by atoms with Crippen molar-refractivity contribution in [2.45, 2.75) is 0 Å². The van der Waals surface area contributed by atoms with Crippen LogP contribution in [0.3, 0.4) is 0 Å². The first-order valence-corrected chi connectivity index (χ1v) is 6.62. The van der Waals surface area contributed by atoms with Crippen LogP contribution in [0.15, 0.2) is 36.5 Å². The maximum absolute atomic E-state index is 10.8. The van der Waals surface area contributed by atoms with E-state index >= 15 is 0 Å². The van der Waals surface area contributed by atoms with Gasteiger partial charge in [0.05, 0.1) is 18.7 Å². The predicted molar refractivity (Wildman–Crippen MR) is 77.4 cm³/mol. The number of ether oxygens (including phenoxy) is 1. The third kappa shape index (κ3) is 2.65. The van der Waals surface area contributed by atoms with E-state index in [4.69, 9.17) is 9.84 Å². The van der Waals surface area contributed by atoms with Crippen molar-refractivity contribution < 1.29 is 14.6 Å². The van der Waals surface area contributed by atoms with E-state index in [0.717, 1.165) is 17.0 Å². The second-order valence-corrected chi connectivity index (χ2v) is 4.91. The van der Waals surface area contributed by atoms with Crippen LogP contribution in [0.4, 0.5) is 5.95 Å². The van der Waals surface area contributed by atoms with Gasteiger partial charge in [0.2, 0.25) is 5.95 Å². The Morgan fingerprint density at radius 1 is 1.29 bits per heavy atom. The molecule has 0 unspecified atom stereocenters. The number of carbonyl (C=O) groups is 1. The number of carboxylic acids is 1. The van der Waals surface area contributed by atoms with Gasteiger partial charge in [0.25, 0.3) is 0 Å². The summed E-state index contributed by atoms with van der Waals surface area (Å²) in [6.45, 7) is 0.919. The molecule has 0 amide bonds. The molecule has 1 aliphatic heterocycles. The van der Waals surface area contributed by atoms with E-state index in [2.05, 4.69) is 9.97 Å². The van der Waals surface area contributed by atoms with Gasteiger partial charge in [0, 0.05) is 24.8 Å². The Hall–Kier alpha value is -2.63. The van der Waals surface area contributed by atoms with Crippen LogP contribution in [0.1, 0.15) is 0 Å². The molecular formula is C15H15N3O3. The van der Waals surface area contributed by atoms with Gasteiger partial charge in [0.15, 0.2) is 0 Å². The van der Waals surface area contributed by atoms with Crippen LogP contribution in [0.5, 0.6) is 5.75 Å². The summed E-state index contributed by atoms with van der Waals surface area (Å²) < 4.78 is 5.13. The zero-order chi connectivity index (χ0) is 14.8. The fourth-order valence-electron chi connectivity index (χ4n) is 2.22. The molecule has 1 saturated heterocycles. The lowest BCUT2D eigenvalue weighted by molar-refractivity contribution is -0.142. The molecule has 0 saturated carbocycles. The summed E-state index contributed by atoms with van der Waals surface area (Å²) in [5.74, 6) is 0.275. The largest absolute Gasteiger partial charge is 0.497 e. The number of benzene rings is 1. The highest BCUT2D eigenvalue weighted by atomic mass is 16.5. The van der Waals surface area contributed by atoms with Crippen LogP contribution in [0.25, 0.3) is 11.3 Å². The van der Waals surface area contributed by atoms with Crippen molar-refractivity contribution in [3.05, 3.63) is 36.5 Å². The monoisotopic (exact) mass is 285 g/mol. The summed E-state index contributed by atoms with van der Waals surface area (Å²) in [6.07, 6.45) is 1.69. The average molecular weight is 285 g/mol. The first-order valence-electron chi connectivity index (χ1n) is 6.62. The minimum absolute atomic E-state index is 0.321. The Balaban J connectivity index is 1.78. The predicted octanol–water partition coefficient (Wildman–Crippen LogP) is 1.67. The third-order valence-electron chi connectivity index (χ3n) is 3.54.